The maximum absolute atomic E-state index is 11.9. The molecule has 0 fully saturated rings. The third kappa shape index (κ3) is 2.93. The van der Waals surface area contributed by atoms with Crippen LogP contribution in [0.3, 0.4) is 0 Å². The van der Waals surface area contributed by atoms with Crippen molar-refractivity contribution in [1.29, 1.82) is 0 Å². The van der Waals surface area contributed by atoms with E-state index >= 15 is 0 Å². The topological polar surface area (TPSA) is 55.3 Å². The summed E-state index contributed by atoms with van der Waals surface area (Å²) in [5.41, 5.74) is 1.58. The van der Waals surface area contributed by atoms with Crippen molar-refractivity contribution in [3.63, 3.8) is 0 Å². The highest BCUT2D eigenvalue weighted by Gasteiger charge is 2.25. The van der Waals surface area contributed by atoms with Crippen molar-refractivity contribution in [2.75, 3.05) is 6.54 Å². The minimum absolute atomic E-state index is 0.271. The molecule has 0 aromatic carbocycles. The van der Waals surface area contributed by atoms with E-state index in [1.54, 1.807) is 17.4 Å². The Labute approximate surface area is 101 Å². The number of aromatic nitrogens is 2. The molecule has 5 heteroatoms. The lowest BCUT2D eigenvalue weighted by Crippen LogP contribution is -2.40. The Balaban J connectivity index is 2.05. The van der Waals surface area contributed by atoms with E-state index in [9.17, 15) is 4.79 Å². The lowest BCUT2D eigenvalue weighted by atomic mass is 10.1. The Morgan fingerprint density at radius 2 is 2.24 bits per heavy atom. The number of carbonyl (C=O) groups excluding carboxylic acids is 1. The lowest BCUT2D eigenvalue weighted by Gasteiger charge is -2.30. The quantitative estimate of drug-likeness (QED) is 0.687. The molecule has 17 heavy (non-hydrogen) atoms. The zero-order valence-electron chi connectivity index (χ0n) is 10.4. The van der Waals surface area contributed by atoms with Gasteiger partial charge in [-0.3, -0.25) is 0 Å². The van der Waals surface area contributed by atoms with E-state index < -0.39 is 5.60 Å². The van der Waals surface area contributed by atoms with Crippen LogP contribution in [0.1, 0.15) is 32.0 Å². The van der Waals surface area contributed by atoms with Gasteiger partial charge in [0.1, 0.15) is 11.9 Å². The number of hydrogen-bond donors (Lipinski definition) is 0. The molecule has 0 aliphatic carbocycles. The molecule has 2 rings (SSSR count). The van der Waals surface area contributed by atoms with Gasteiger partial charge in [0.2, 0.25) is 0 Å². The van der Waals surface area contributed by atoms with E-state index in [0.29, 0.717) is 13.1 Å². The van der Waals surface area contributed by atoms with Crippen LogP contribution in [0.15, 0.2) is 12.5 Å². The number of nitrogens with zero attached hydrogens (tertiary/aromatic N) is 3. The molecule has 92 valence electrons. The van der Waals surface area contributed by atoms with Gasteiger partial charge in [-0.2, -0.15) is 0 Å². The van der Waals surface area contributed by atoms with Crippen molar-refractivity contribution < 1.29 is 9.53 Å². The molecular weight excluding hydrogens is 218 g/mol. The average molecular weight is 235 g/mol. The van der Waals surface area contributed by atoms with Gasteiger partial charge in [0.25, 0.3) is 0 Å². The molecule has 0 atom stereocenters. The maximum Gasteiger partial charge on any atom is 0.410 e. The summed E-state index contributed by atoms with van der Waals surface area (Å²) < 4.78 is 5.34. The number of ether oxygens (including phenoxy) is 1. The molecule has 0 N–H and O–H groups in total. The highest BCUT2D eigenvalue weighted by Crippen LogP contribution is 2.18. The highest BCUT2D eigenvalue weighted by atomic mass is 16.6. The summed E-state index contributed by atoms with van der Waals surface area (Å²) in [6.45, 7) is 6.79. The molecule has 0 saturated carbocycles. The molecule has 0 bridgehead atoms. The van der Waals surface area contributed by atoms with Crippen LogP contribution in [0.4, 0.5) is 4.79 Å². The van der Waals surface area contributed by atoms with Crippen LogP contribution < -0.4 is 0 Å². The Kier molecular flexibility index (Phi) is 3.00. The molecular formula is C12H17N3O2. The van der Waals surface area contributed by atoms with Gasteiger partial charge in [-0.15, -0.1) is 0 Å². The predicted molar refractivity (Wildman–Crippen MR) is 62.4 cm³/mol. The summed E-state index contributed by atoms with van der Waals surface area (Å²) >= 11 is 0. The van der Waals surface area contributed by atoms with Crippen LogP contribution in [0, 0.1) is 0 Å². The molecule has 5 nitrogen and oxygen atoms in total. The molecule has 0 unspecified atom stereocenters. The molecule has 1 amide bonds. The summed E-state index contributed by atoms with van der Waals surface area (Å²) in [6.07, 6.45) is 3.80. The fourth-order valence-electron chi connectivity index (χ4n) is 1.75. The van der Waals surface area contributed by atoms with Crippen molar-refractivity contribution in [3.8, 4) is 0 Å². The number of carbonyl (C=O) groups is 1. The Bertz CT molecular complexity index is 426. The normalized spacial score (nSPS) is 15.4. The van der Waals surface area contributed by atoms with Crippen LogP contribution in [0.2, 0.25) is 0 Å². The van der Waals surface area contributed by atoms with Gasteiger partial charge in [-0.05, 0) is 20.8 Å². The largest absolute Gasteiger partial charge is 0.444 e. The predicted octanol–water partition coefficient (Wildman–Crippen LogP) is 1.77. The van der Waals surface area contributed by atoms with E-state index in [1.807, 2.05) is 20.8 Å². The summed E-state index contributed by atoms with van der Waals surface area (Å²) in [6, 6.07) is 0. The van der Waals surface area contributed by atoms with E-state index in [0.717, 1.165) is 17.7 Å². The molecule has 1 aliphatic rings. The lowest BCUT2D eigenvalue weighted by molar-refractivity contribution is 0.0222. The fraction of sp³-hybridized carbons (Fsp3) is 0.583. The maximum atomic E-state index is 11.9. The van der Waals surface area contributed by atoms with Crippen LogP contribution >= 0.6 is 0 Å². The molecule has 1 aromatic heterocycles. The summed E-state index contributed by atoms with van der Waals surface area (Å²) in [5, 5.41) is 0. The van der Waals surface area contributed by atoms with Gasteiger partial charge < -0.3 is 9.64 Å². The molecule has 0 radical (unpaired) electrons. The number of fused-ring (bicyclic) bond motifs is 1. The molecule has 1 aliphatic heterocycles. The second-order valence-corrected chi connectivity index (χ2v) is 5.15. The third-order valence-electron chi connectivity index (χ3n) is 2.51. The minimum atomic E-state index is -0.454. The first-order valence-corrected chi connectivity index (χ1v) is 5.71. The molecule has 1 aromatic rings. The van der Waals surface area contributed by atoms with Gasteiger partial charge in [-0.1, -0.05) is 0 Å². The second kappa shape index (κ2) is 4.31. The minimum Gasteiger partial charge on any atom is -0.444 e. The van der Waals surface area contributed by atoms with E-state index in [4.69, 9.17) is 4.74 Å². The Morgan fingerprint density at radius 3 is 2.94 bits per heavy atom. The number of rotatable bonds is 0. The van der Waals surface area contributed by atoms with E-state index in [-0.39, 0.29) is 6.09 Å². The first kappa shape index (κ1) is 11.8. The van der Waals surface area contributed by atoms with Crippen LogP contribution in [0.25, 0.3) is 0 Å². The second-order valence-electron chi connectivity index (χ2n) is 5.15. The first-order valence-electron chi connectivity index (χ1n) is 5.71. The van der Waals surface area contributed by atoms with Gasteiger partial charge in [0.05, 0.1) is 12.2 Å². The van der Waals surface area contributed by atoms with E-state index in [1.165, 1.54) is 0 Å². The Hall–Kier alpha value is -1.65. The smallest absolute Gasteiger partial charge is 0.410 e. The fourth-order valence-corrected chi connectivity index (χ4v) is 1.75. The summed E-state index contributed by atoms with van der Waals surface area (Å²) in [4.78, 5) is 21.8. The molecule has 0 saturated heterocycles. The third-order valence-corrected chi connectivity index (χ3v) is 2.51. The molecule has 2 heterocycles. The first-order chi connectivity index (χ1) is 7.96. The van der Waals surface area contributed by atoms with Crippen LogP contribution in [-0.4, -0.2) is 33.1 Å². The van der Waals surface area contributed by atoms with Gasteiger partial charge in [0.15, 0.2) is 0 Å². The van der Waals surface area contributed by atoms with Crippen LogP contribution in [0.5, 0.6) is 0 Å². The summed E-state index contributed by atoms with van der Waals surface area (Å²) in [7, 11) is 0. The van der Waals surface area contributed by atoms with Crippen molar-refractivity contribution in [2.45, 2.75) is 39.3 Å². The standard InChI is InChI=1S/C12H17N3O2/c1-12(2,3)17-11(16)15-5-4-10-9(7-15)6-13-8-14-10/h6,8H,4-5,7H2,1-3H3. The number of hydrogen-bond acceptors (Lipinski definition) is 4. The van der Waals surface area contributed by atoms with Crippen molar-refractivity contribution in [3.05, 3.63) is 23.8 Å². The number of amides is 1. The monoisotopic (exact) mass is 235 g/mol. The average Bonchev–Trinajstić information content (AvgIpc) is 2.26. The molecule has 0 spiro atoms. The Morgan fingerprint density at radius 1 is 1.47 bits per heavy atom. The van der Waals surface area contributed by atoms with Crippen molar-refractivity contribution >= 4 is 6.09 Å². The van der Waals surface area contributed by atoms with Gasteiger partial charge in [-0.25, -0.2) is 14.8 Å². The highest BCUT2D eigenvalue weighted by molar-refractivity contribution is 5.68. The van der Waals surface area contributed by atoms with Crippen molar-refractivity contribution in [1.82, 2.24) is 14.9 Å². The van der Waals surface area contributed by atoms with E-state index in [2.05, 4.69) is 9.97 Å². The SMILES string of the molecule is CC(C)(C)OC(=O)N1CCc2ncncc2C1. The summed E-state index contributed by atoms with van der Waals surface area (Å²) in [5.74, 6) is 0. The van der Waals surface area contributed by atoms with Gasteiger partial charge in [0, 0.05) is 24.7 Å². The van der Waals surface area contributed by atoms with Crippen molar-refractivity contribution in [2.24, 2.45) is 0 Å². The van der Waals surface area contributed by atoms with Gasteiger partial charge >= 0.3 is 6.09 Å². The van der Waals surface area contributed by atoms with Crippen LogP contribution in [-0.2, 0) is 17.7 Å². The zero-order chi connectivity index (χ0) is 12.5. The zero-order valence-corrected chi connectivity index (χ0v) is 10.4.